The highest BCUT2D eigenvalue weighted by atomic mass is 16.1. The Kier molecular flexibility index (Phi) is 2.01. The molecule has 2 aliphatic rings. The number of fused-ring (bicyclic) bond motifs is 2. The lowest BCUT2D eigenvalue weighted by molar-refractivity contribution is 0.0964. The summed E-state index contributed by atoms with van der Waals surface area (Å²) in [5, 5.41) is 0. The van der Waals surface area contributed by atoms with Gasteiger partial charge in [0.1, 0.15) is 0 Å². The van der Waals surface area contributed by atoms with Crippen molar-refractivity contribution in [3.63, 3.8) is 0 Å². The molecular formula is C15H18O. The molecule has 1 saturated carbocycles. The van der Waals surface area contributed by atoms with E-state index < -0.39 is 0 Å². The number of carbonyl (C=O) groups is 1. The number of rotatable bonds is 1. The van der Waals surface area contributed by atoms with E-state index in [-0.39, 0.29) is 0 Å². The van der Waals surface area contributed by atoms with E-state index in [0.717, 1.165) is 18.4 Å². The van der Waals surface area contributed by atoms with Gasteiger partial charge in [-0.15, -0.1) is 0 Å². The maximum atomic E-state index is 11.9. The van der Waals surface area contributed by atoms with Crippen molar-refractivity contribution in [2.24, 2.45) is 0 Å². The van der Waals surface area contributed by atoms with Crippen LogP contribution >= 0.6 is 0 Å². The van der Waals surface area contributed by atoms with Gasteiger partial charge in [-0.05, 0) is 41.7 Å². The smallest absolute Gasteiger partial charge is 0.163 e. The largest absolute Gasteiger partial charge is 0.294 e. The molecule has 1 aromatic carbocycles. The molecule has 0 N–H and O–H groups in total. The number of Topliss-reactive ketones (excluding diaryl/α,β-unsaturated/α-hetero) is 1. The second kappa shape index (κ2) is 3.19. The zero-order valence-electron chi connectivity index (χ0n) is 10.0. The second-order valence-electron chi connectivity index (χ2n) is 5.66. The zero-order chi connectivity index (χ0) is 11.3. The molecule has 84 valence electrons. The second-order valence-corrected chi connectivity index (χ2v) is 5.66. The topological polar surface area (TPSA) is 17.1 Å². The van der Waals surface area contributed by atoms with E-state index in [4.69, 9.17) is 0 Å². The molecule has 3 rings (SSSR count). The van der Waals surface area contributed by atoms with Gasteiger partial charge < -0.3 is 0 Å². The molecule has 1 spiro atoms. The predicted molar refractivity (Wildman–Crippen MR) is 65.0 cm³/mol. The monoisotopic (exact) mass is 214 g/mol. The van der Waals surface area contributed by atoms with Crippen LogP contribution in [0.5, 0.6) is 0 Å². The zero-order valence-corrected chi connectivity index (χ0v) is 10.0. The van der Waals surface area contributed by atoms with Crippen LogP contribution in [-0.2, 0) is 5.41 Å². The Morgan fingerprint density at radius 3 is 2.56 bits per heavy atom. The molecule has 1 aromatic rings. The molecule has 1 heteroatoms. The van der Waals surface area contributed by atoms with Gasteiger partial charge in [-0.25, -0.2) is 0 Å². The molecule has 0 unspecified atom stereocenters. The van der Waals surface area contributed by atoms with Crippen molar-refractivity contribution < 1.29 is 4.79 Å². The van der Waals surface area contributed by atoms with Gasteiger partial charge >= 0.3 is 0 Å². The van der Waals surface area contributed by atoms with Gasteiger partial charge in [0.05, 0.1) is 0 Å². The van der Waals surface area contributed by atoms with Crippen LogP contribution < -0.4 is 0 Å². The van der Waals surface area contributed by atoms with E-state index in [1.54, 1.807) is 0 Å². The van der Waals surface area contributed by atoms with Crippen LogP contribution in [0.1, 0.15) is 66.9 Å². The molecule has 0 radical (unpaired) electrons. The predicted octanol–water partition coefficient (Wildman–Crippen LogP) is 3.82. The minimum absolute atomic E-state index is 0.350. The van der Waals surface area contributed by atoms with Crippen molar-refractivity contribution in [1.29, 1.82) is 0 Å². The third kappa shape index (κ3) is 1.34. The van der Waals surface area contributed by atoms with Crippen LogP contribution in [0.15, 0.2) is 18.2 Å². The Morgan fingerprint density at radius 2 is 1.94 bits per heavy atom. The summed E-state index contributed by atoms with van der Waals surface area (Å²) >= 11 is 0. The quantitative estimate of drug-likeness (QED) is 0.694. The van der Waals surface area contributed by atoms with Gasteiger partial charge in [0.25, 0.3) is 0 Å². The fourth-order valence-corrected chi connectivity index (χ4v) is 2.90. The molecule has 16 heavy (non-hydrogen) atoms. The first-order valence-corrected chi connectivity index (χ1v) is 6.30. The number of hydrogen-bond acceptors (Lipinski definition) is 1. The average molecular weight is 214 g/mol. The standard InChI is InChI=1S/C15H18O/c1-10(2)11-3-4-12-13(9-11)15(7-8-15)6-5-14(12)16/h3-4,9-10H,5-8H2,1-2H3. The van der Waals surface area contributed by atoms with Gasteiger partial charge in [0.15, 0.2) is 5.78 Å². The van der Waals surface area contributed by atoms with Crippen LogP contribution in [0.25, 0.3) is 0 Å². The highest BCUT2D eigenvalue weighted by Gasteiger charge is 2.48. The van der Waals surface area contributed by atoms with Crippen molar-refractivity contribution in [2.45, 2.75) is 50.9 Å². The molecular weight excluding hydrogens is 196 g/mol. The van der Waals surface area contributed by atoms with Crippen molar-refractivity contribution >= 4 is 5.78 Å². The van der Waals surface area contributed by atoms with E-state index in [1.807, 2.05) is 0 Å². The number of benzene rings is 1. The van der Waals surface area contributed by atoms with Crippen molar-refractivity contribution in [3.8, 4) is 0 Å². The van der Waals surface area contributed by atoms with Gasteiger partial charge in [0.2, 0.25) is 0 Å². The van der Waals surface area contributed by atoms with E-state index >= 15 is 0 Å². The summed E-state index contributed by atoms with van der Waals surface area (Å²) in [6, 6.07) is 6.49. The summed E-state index contributed by atoms with van der Waals surface area (Å²) in [5.74, 6) is 0.904. The minimum atomic E-state index is 0.350. The molecule has 0 aromatic heterocycles. The first-order valence-electron chi connectivity index (χ1n) is 6.30. The highest BCUT2D eigenvalue weighted by molar-refractivity contribution is 5.99. The number of ketones is 1. The molecule has 0 amide bonds. The SMILES string of the molecule is CC(C)c1ccc2c(c1)C1(CCC2=O)CC1. The fraction of sp³-hybridized carbons (Fsp3) is 0.533. The Balaban J connectivity index is 2.14. The van der Waals surface area contributed by atoms with Crippen LogP contribution in [0.2, 0.25) is 0 Å². The summed E-state index contributed by atoms with van der Waals surface area (Å²) in [6.45, 7) is 4.43. The fourth-order valence-electron chi connectivity index (χ4n) is 2.90. The Labute approximate surface area is 96.9 Å². The van der Waals surface area contributed by atoms with Crippen LogP contribution in [-0.4, -0.2) is 5.78 Å². The molecule has 0 atom stereocenters. The van der Waals surface area contributed by atoms with E-state index in [0.29, 0.717) is 17.1 Å². The first-order chi connectivity index (χ1) is 7.62. The molecule has 1 nitrogen and oxygen atoms in total. The van der Waals surface area contributed by atoms with Crippen LogP contribution in [0.4, 0.5) is 0 Å². The third-order valence-corrected chi connectivity index (χ3v) is 4.27. The number of hydrogen-bond donors (Lipinski definition) is 0. The van der Waals surface area contributed by atoms with E-state index in [9.17, 15) is 4.79 Å². The number of carbonyl (C=O) groups excluding carboxylic acids is 1. The maximum Gasteiger partial charge on any atom is 0.163 e. The lowest BCUT2D eigenvalue weighted by atomic mass is 9.78. The Bertz CT molecular complexity index is 453. The third-order valence-electron chi connectivity index (χ3n) is 4.27. The van der Waals surface area contributed by atoms with Crippen molar-refractivity contribution in [1.82, 2.24) is 0 Å². The summed E-state index contributed by atoms with van der Waals surface area (Å²) < 4.78 is 0. The summed E-state index contributed by atoms with van der Waals surface area (Å²) in [6.07, 6.45) is 4.41. The molecule has 0 aliphatic heterocycles. The normalized spacial score (nSPS) is 21.3. The maximum absolute atomic E-state index is 11.9. The first kappa shape index (κ1) is 10.1. The molecule has 0 saturated heterocycles. The van der Waals surface area contributed by atoms with E-state index in [2.05, 4.69) is 32.0 Å². The molecule has 0 bridgehead atoms. The molecule has 2 aliphatic carbocycles. The van der Waals surface area contributed by atoms with E-state index in [1.165, 1.54) is 24.0 Å². The lowest BCUT2D eigenvalue weighted by Crippen LogP contribution is -2.21. The van der Waals surface area contributed by atoms with Crippen LogP contribution in [0, 0.1) is 0 Å². The Hall–Kier alpha value is -1.11. The van der Waals surface area contributed by atoms with Crippen molar-refractivity contribution in [2.75, 3.05) is 0 Å². The van der Waals surface area contributed by atoms with Gasteiger partial charge in [-0.2, -0.15) is 0 Å². The minimum Gasteiger partial charge on any atom is -0.294 e. The average Bonchev–Trinajstić information content (AvgIpc) is 3.05. The van der Waals surface area contributed by atoms with Crippen LogP contribution in [0.3, 0.4) is 0 Å². The molecule has 1 fully saturated rings. The summed E-state index contributed by atoms with van der Waals surface area (Å²) in [7, 11) is 0. The summed E-state index contributed by atoms with van der Waals surface area (Å²) in [4.78, 5) is 11.9. The van der Waals surface area contributed by atoms with Gasteiger partial charge in [0, 0.05) is 12.0 Å². The Morgan fingerprint density at radius 1 is 1.19 bits per heavy atom. The summed E-state index contributed by atoms with van der Waals surface area (Å²) in [5.41, 5.74) is 4.14. The van der Waals surface area contributed by atoms with Gasteiger partial charge in [-0.1, -0.05) is 32.0 Å². The van der Waals surface area contributed by atoms with Crippen molar-refractivity contribution in [3.05, 3.63) is 34.9 Å². The molecule has 0 heterocycles. The van der Waals surface area contributed by atoms with Gasteiger partial charge in [-0.3, -0.25) is 4.79 Å². The highest BCUT2D eigenvalue weighted by Crippen LogP contribution is 2.55. The lowest BCUT2D eigenvalue weighted by Gasteiger charge is -2.25.